The van der Waals surface area contributed by atoms with Crippen LogP contribution in [0.5, 0.6) is 0 Å². The number of hydrogen-bond acceptors (Lipinski definition) is 3. The Hall–Kier alpha value is -0.835. The summed E-state index contributed by atoms with van der Waals surface area (Å²) in [6.45, 7) is 11.8. The van der Waals surface area contributed by atoms with Crippen molar-refractivity contribution >= 4 is 12.6 Å². The van der Waals surface area contributed by atoms with Gasteiger partial charge in [-0.2, -0.15) is 0 Å². The minimum atomic E-state index is -0.279. The molecule has 0 atom stereocenters. The minimum absolute atomic E-state index is 0.256. The monoisotopic (exact) mass is 287 g/mol. The number of nitrogens with zero attached hydrogens (tertiary/aromatic N) is 1. The molecule has 4 heteroatoms. The van der Waals surface area contributed by atoms with Crippen LogP contribution in [0.4, 0.5) is 0 Å². The zero-order valence-corrected chi connectivity index (χ0v) is 13.7. The van der Waals surface area contributed by atoms with E-state index in [9.17, 15) is 0 Å². The molecule has 1 aromatic rings. The first-order chi connectivity index (χ1) is 9.89. The van der Waals surface area contributed by atoms with Crippen LogP contribution in [0.3, 0.4) is 0 Å². The van der Waals surface area contributed by atoms with Crippen molar-refractivity contribution in [2.45, 2.75) is 58.3 Å². The summed E-state index contributed by atoms with van der Waals surface area (Å²) in [5, 5.41) is 0. The third-order valence-corrected chi connectivity index (χ3v) is 5.15. The van der Waals surface area contributed by atoms with Gasteiger partial charge in [-0.15, -0.1) is 0 Å². The fraction of sp³-hybridized carbons (Fsp3) is 0.647. The SMILES string of the molecule is CC1(C)OB(c2ccccc2CN2CCCC2)OC1(C)C. The summed E-state index contributed by atoms with van der Waals surface area (Å²) in [6.07, 6.45) is 2.64. The van der Waals surface area contributed by atoms with Crippen LogP contribution in [0.25, 0.3) is 0 Å². The molecular formula is C17H26BNO2. The molecule has 3 rings (SSSR count). The van der Waals surface area contributed by atoms with Crippen molar-refractivity contribution in [1.29, 1.82) is 0 Å². The summed E-state index contributed by atoms with van der Waals surface area (Å²) in [5.41, 5.74) is 1.96. The highest BCUT2D eigenvalue weighted by Gasteiger charge is 2.52. The van der Waals surface area contributed by atoms with E-state index in [2.05, 4.69) is 56.9 Å². The molecule has 2 fully saturated rings. The molecule has 0 saturated carbocycles. The van der Waals surface area contributed by atoms with Gasteiger partial charge in [0.25, 0.3) is 0 Å². The van der Waals surface area contributed by atoms with Crippen molar-refractivity contribution in [3.8, 4) is 0 Å². The van der Waals surface area contributed by atoms with Crippen LogP contribution in [0.2, 0.25) is 0 Å². The van der Waals surface area contributed by atoms with Crippen LogP contribution in [0.15, 0.2) is 24.3 Å². The van der Waals surface area contributed by atoms with Crippen LogP contribution in [-0.2, 0) is 15.9 Å². The zero-order chi connectivity index (χ0) is 15.1. The van der Waals surface area contributed by atoms with Gasteiger partial charge in [0.05, 0.1) is 11.2 Å². The first-order valence-corrected chi connectivity index (χ1v) is 8.05. The smallest absolute Gasteiger partial charge is 0.399 e. The molecule has 3 nitrogen and oxygen atoms in total. The summed E-state index contributed by atoms with van der Waals surface area (Å²) < 4.78 is 12.4. The Labute approximate surface area is 128 Å². The topological polar surface area (TPSA) is 21.7 Å². The van der Waals surface area contributed by atoms with E-state index in [1.54, 1.807) is 0 Å². The summed E-state index contributed by atoms with van der Waals surface area (Å²) in [4.78, 5) is 2.52. The quantitative estimate of drug-likeness (QED) is 0.798. The number of hydrogen-bond donors (Lipinski definition) is 0. The van der Waals surface area contributed by atoms with E-state index in [1.807, 2.05) is 0 Å². The molecule has 2 saturated heterocycles. The fourth-order valence-corrected chi connectivity index (χ4v) is 3.06. The molecule has 1 aromatic carbocycles. The molecular weight excluding hydrogens is 261 g/mol. The van der Waals surface area contributed by atoms with Crippen LogP contribution in [0.1, 0.15) is 46.1 Å². The highest BCUT2D eigenvalue weighted by molar-refractivity contribution is 6.62. The predicted octanol–water partition coefficient (Wildman–Crippen LogP) is 2.58. The van der Waals surface area contributed by atoms with Crippen molar-refractivity contribution < 1.29 is 9.31 Å². The van der Waals surface area contributed by atoms with E-state index >= 15 is 0 Å². The Balaban J connectivity index is 1.82. The molecule has 2 heterocycles. The molecule has 0 radical (unpaired) electrons. The van der Waals surface area contributed by atoms with Crippen LogP contribution < -0.4 is 5.46 Å². The van der Waals surface area contributed by atoms with Crippen LogP contribution >= 0.6 is 0 Å². The van der Waals surface area contributed by atoms with Gasteiger partial charge in [0, 0.05) is 6.54 Å². The fourth-order valence-electron chi connectivity index (χ4n) is 3.06. The van der Waals surface area contributed by atoms with Crippen LogP contribution in [0, 0.1) is 0 Å². The second-order valence-electron chi connectivity index (χ2n) is 7.27. The van der Waals surface area contributed by atoms with Gasteiger partial charge in [-0.3, -0.25) is 4.90 Å². The second kappa shape index (κ2) is 5.42. The summed E-state index contributed by atoms with van der Waals surface area (Å²) in [5.74, 6) is 0. The summed E-state index contributed by atoms with van der Waals surface area (Å²) in [6, 6.07) is 8.54. The lowest BCUT2D eigenvalue weighted by atomic mass is 9.76. The largest absolute Gasteiger partial charge is 0.495 e. The lowest BCUT2D eigenvalue weighted by Gasteiger charge is -2.32. The minimum Gasteiger partial charge on any atom is -0.399 e. The van der Waals surface area contributed by atoms with Gasteiger partial charge in [-0.05, 0) is 64.7 Å². The van der Waals surface area contributed by atoms with Gasteiger partial charge >= 0.3 is 7.12 Å². The molecule has 114 valence electrons. The molecule has 0 aromatic heterocycles. The van der Waals surface area contributed by atoms with E-state index < -0.39 is 0 Å². The molecule has 0 aliphatic carbocycles. The molecule has 0 amide bonds. The lowest BCUT2D eigenvalue weighted by Crippen LogP contribution is -2.41. The van der Waals surface area contributed by atoms with Gasteiger partial charge < -0.3 is 9.31 Å². The molecule has 21 heavy (non-hydrogen) atoms. The normalized spacial score (nSPS) is 24.7. The maximum absolute atomic E-state index is 6.21. The number of likely N-dealkylation sites (tertiary alicyclic amines) is 1. The average Bonchev–Trinajstić information content (AvgIpc) is 2.97. The van der Waals surface area contributed by atoms with Gasteiger partial charge in [0.1, 0.15) is 0 Å². The van der Waals surface area contributed by atoms with E-state index in [-0.39, 0.29) is 18.3 Å². The van der Waals surface area contributed by atoms with Crippen molar-refractivity contribution in [3.63, 3.8) is 0 Å². The Morgan fingerprint density at radius 3 is 2.19 bits per heavy atom. The third kappa shape index (κ3) is 2.89. The molecule has 2 aliphatic heterocycles. The standard InChI is InChI=1S/C17H26BNO2/c1-16(2)17(3,4)21-18(20-16)15-10-6-5-9-14(15)13-19-11-7-8-12-19/h5-6,9-10H,7-8,11-13H2,1-4H3. The van der Waals surface area contributed by atoms with Gasteiger partial charge in [0.2, 0.25) is 0 Å². The van der Waals surface area contributed by atoms with E-state index in [4.69, 9.17) is 9.31 Å². The van der Waals surface area contributed by atoms with Gasteiger partial charge in [-0.25, -0.2) is 0 Å². The highest BCUT2D eigenvalue weighted by atomic mass is 16.7. The van der Waals surface area contributed by atoms with Gasteiger partial charge in [-0.1, -0.05) is 24.3 Å². The Kier molecular flexibility index (Phi) is 3.89. The maximum Gasteiger partial charge on any atom is 0.495 e. The predicted molar refractivity (Wildman–Crippen MR) is 86.7 cm³/mol. The second-order valence-corrected chi connectivity index (χ2v) is 7.27. The number of benzene rings is 1. The highest BCUT2D eigenvalue weighted by Crippen LogP contribution is 2.36. The Morgan fingerprint density at radius 1 is 1.00 bits per heavy atom. The first kappa shape index (κ1) is 15.1. The average molecular weight is 287 g/mol. The Bertz CT molecular complexity index is 493. The van der Waals surface area contributed by atoms with Crippen molar-refractivity contribution in [3.05, 3.63) is 29.8 Å². The van der Waals surface area contributed by atoms with Crippen molar-refractivity contribution in [2.75, 3.05) is 13.1 Å². The van der Waals surface area contributed by atoms with E-state index in [1.165, 1.54) is 37.0 Å². The molecule has 0 spiro atoms. The summed E-state index contributed by atoms with van der Waals surface area (Å²) in [7, 11) is -0.256. The molecule has 0 bridgehead atoms. The van der Waals surface area contributed by atoms with Crippen molar-refractivity contribution in [2.24, 2.45) is 0 Å². The number of rotatable bonds is 3. The third-order valence-electron chi connectivity index (χ3n) is 5.15. The maximum atomic E-state index is 6.21. The molecule has 2 aliphatic rings. The zero-order valence-electron chi connectivity index (χ0n) is 13.7. The lowest BCUT2D eigenvalue weighted by molar-refractivity contribution is 0.00578. The molecule has 0 N–H and O–H groups in total. The summed E-state index contributed by atoms with van der Waals surface area (Å²) >= 11 is 0. The Morgan fingerprint density at radius 2 is 1.57 bits per heavy atom. The van der Waals surface area contributed by atoms with E-state index in [0.29, 0.717) is 0 Å². The van der Waals surface area contributed by atoms with Crippen LogP contribution in [-0.4, -0.2) is 36.3 Å². The van der Waals surface area contributed by atoms with Crippen molar-refractivity contribution in [1.82, 2.24) is 4.90 Å². The van der Waals surface area contributed by atoms with E-state index in [0.717, 1.165) is 6.54 Å². The molecule has 0 unspecified atom stereocenters. The van der Waals surface area contributed by atoms with Gasteiger partial charge in [0.15, 0.2) is 0 Å². The first-order valence-electron chi connectivity index (χ1n) is 8.05.